The van der Waals surface area contributed by atoms with Crippen molar-refractivity contribution >= 4 is 17.5 Å². The van der Waals surface area contributed by atoms with Gasteiger partial charge in [-0.1, -0.05) is 6.92 Å². The Balaban J connectivity index is 1.74. The third-order valence-corrected chi connectivity index (χ3v) is 4.59. The molecule has 0 saturated carbocycles. The molecule has 1 saturated heterocycles. The zero-order valence-corrected chi connectivity index (χ0v) is 15.4. The highest BCUT2D eigenvalue weighted by Gasteiger charge is 2.22. The quantitative estimate of drug-likeness (QED) is 0.887. The summed E-state index contributed by atoms with van der Waals surface area (Å²) < 4.78 is 10.5. The lowest BCUT2D eigenvalue weighted by Gasteiger charge is -2.30. The van der Waals surface area contributed by atoms with E-state index in [2.05, 4.69) is 22.2 Å². The summed E-state index contributed by atoms with van der Waals surface area (Å²) in [6, 6.07) is 7.08. The lowest BCUT2D eigenvalue weighted by atomic mass is 9.99. The molecule has 1 aromatic heterocycles. The van der Waals surface area contributed by atoms with Gasteiger partial charge in [0.2, 0.25) is 5.95 Å². The fraction of sp³-hybridized carbons (Fsp3) is 0.421. The van der Waals surface area contributed by atoms with Crippen LogP contribution in [0.15, 0.2) is 30.5 Å². The average molecular weight is 356 g/mol. The molecule has 1 fully saturated rings. The molecule has 7 nitrogen and oxygen atoms in total. The number of rotatable bonds is 5. The molecule has 138 valence electrons. The minimum atomic E-state index is -0.0466. The zero-order chi connectivity index (χ0) is 18.5. The Morgan fingerprint density at radius 2 is 1.88 bits per heavy atom. The van der Waals surface area contributed by atoms with E-state index in [0.29, 0.717) is 29.1 Å². The van der Waals surface area contributed by atoms with Gasteiger partial charge in [-0.3, -0.25) is 4.79 Å². The number of piperidine rings is 1. The zero-order valence-electron chi connectivity index (χ0n) is 15.4. The van der Waals surface area contributed by atoms with Gasteiger partial charge < -0.3 is 19.7 Å². The van der Waals surface area contributed by atoms with Crippen molar-refractivity contribution in [2.75, 3.05) is 32.6 Å². The molecule has 26 heavy (non-hydrogen) atoms. The molecule has 7 heteroatoms. The maximum absolute atomic E-state index is 12.7. The van der Waals surface area contributed by atoms with Crippen LogP contribution in [0.2, 0.25) is 0 Å². The SMILES string of the molecule is COc1ccc(Nc2nccc(C(=O)N3CCC(C)CC3)n2)cc1OC. The number of hydrogen-bond acceptors (Lipinski definition) is 6. The second-order valence-electron chi connectivity index (χ2n) is 6.43. The van der Waals surface area contributed by atoms with Crippen LogP contribution in [0.3, 0.4) is 0 Å². The molecular formula is C19H24N4O3. The number of aromatic nitrogens is 2. The van der Waals surface area contributed by atoms with Gasteiger partial charge in [0, 0.05) is 31.0 Å². The highest BCUT2D eigenvalue weighted by atomic mass is 16.5. The normalized spacial score (nSPS) is 14.8. The number of likely N-dealkylation sites (tertiary alicyclic amines) is 1. The molecule has 2 aromatic rings. The van der Waals surface area contributed by atoms with E-state index in [4.69, 9.17) is 9.47 Å². The van der Waals surface area contributed by atoms with Crippen LogP contribution in [0.1, 0.15) is 30.3 Å². The summed E-state index contributed by atoms with van der Waals surface area (Å²) in [5.74, 6) is 2.24. The number of hydrogen-bond donors (Lipinski definition) is 1. The molecule has 2 heterocycles. The van der Waals surface area contributed by atoms with Crippen LogP contribution in [0.5, 0.6) is 11.5 Å². The van der Waals surface area contributed by atoms with Crippen LogP contribution in [0, 0.1) is 5.92 Å². The Kier molecular flexibility index (Phi) is 5.55. The second-order valence-corrected chi connectivity index (χ2v) is 6.43. The summed E-state index contributed by atoms with van der Waals surface area (Å²) in [5, 5.41) is 3.11. The first-order chi connectivity index (χ1) is 12.6. The predicted octanol–water partition coefficient (Wildman–Crippen LogP) is 3.11. The number of methoxy groups -OCH3 is 2. The molecule has 0 atom stereocenters. The molecule has 1 aliphatic heterocycles. The molecule has 1 aromatic carbocycles. The van der Waals surface area contributed by atoms with Gasteiger partial charge in [-0.25, -0.2) is 9.97 Å². The summed E-state index contributed by atoms with van der Waals surface area (Å²) in [6.45, 7) is 3.78. The number of nitrogens with zero attached hydrogens (tertiary/aromatic N) is 3. The Morgan fingerprint density at radius 1 is 1.15 bits per heavy atom. The first kappa shape index (κ1) is 18.0. The molecule has 1 N–H and O–H groups in total. The topological polar surface area (TPSA) is 76.6 Å². The number of carbonyl (C=O) groups excluding carboxylic acids is 1. The average Bonchev–Trinajstić information content (AvgIpc) is 2.68. The van der Waals surface area contributed by atoms with Crippen molar-refractivity contribution in [1.82, 2.24) is 14.9 Å². The van der Waals surface area contributed by atoms with Gasteiger partial charge in [0.25, 0.3) is 5.91 Å². The van der Waals surface area contributed by atoms with Gasteiger partial charge >= 0.3 is 0 Å². The highest BCUT2D eigenvalue weighted by Crippen LogP contribution is 2.30. The lowest BCUT2D eigenvalue weighted by molar-refractivity contribution is 0.0691. The first-order valence-corrected chi connectivity index (χ1v) is 8.72. The molecule has 3 rings (SSSR count). The van der Waals surface area contributed by atoms with E-state index >= 15 is 0 Å². The van der Waals surface area contributed by atoms with E-state index < -0.39 is 0 Å². The molecular weight excluding hydrogens is 332 g/mol. The summed E-state index contributed by atoms with van der Waals surface area (Å²) >= 11 is 0. The van der Waals surface area contributed by atoms with Crippen LogP contribution in [-0.2, 0) is 0 Å². The first-order valence-electron chi connectivity index (χ1n) is 8.72. The Morgan fingerprint density at radius 3 is 2.58 bits per heavy atom. The van der Waals surface area contributed by atoms with Gasteiger partial charge in [0.1, 0.15) is 5.69 Å². The summed E-state index contributed by atoms with van der Waals surface area (Å²) in [5.41, 5.74) is 1.15. The minimum absolute atomic E-state index is 0.0466. The number of nitrogens with one attached hydrogen (secondary N) is 1. The van der Waals surface area contributed by atoms with E-state index in [9.17, 15) is 4.79 Å². The predicted molar refractivity (Wildman–Crippen MR) is 99.2 cm³/mol. The van der Waals surface area contributed by atoms with Crippen LogP contribution < -0.4 is 14.8 Å². The van der Waals surface area contributed by atoms with Crippen molar-refractivity contribution < 1.29 is 14.3 Å². The maximum atomic E-state index is 12.7. The van der Waals surface area contributed by atoms with Crippen LogP contribution in [0.4, 0.5) is 11.6 Å². The Labute approximate surface area is 153 Å². The van der Waals surface area contributed by atoms with Gasteiger partial charge in [0.05, 0.1) is 14.2 Å². The van der Waals surface area contributed by atoms with Crippen molar-refractivity contribution in [1.29, 1.82) is 0 Å². The molecule has 0 spiro atoms. The molecule has 0 unspecified atom stereocenters. The van der Waals surface area contributed by atoms with Crippen molar-refractivity contribution in [2.45, 2.75) is 19.8 Å². The Hall–Kier alpha value is -2.83. The number of anilines is 2. The van der Waals surface area contributed by atoms with Gasteiger partial charge in [-0.15, -0.1) is 0 Å². The number of ether oxygens (including phenoxy) is 2. The molecule has 1 amide bonds. The van der Waals surface area contributed by atoms with Crippen molar-refractivity contribution in [3.63, 3.8) is 0 Å². The van der Waals surface area contributed by atoms with Gasteiger partial charge in [0.15, 0.2) is 11.5 Å². The highest BCUT2D eigenvalue weighted by molar-refractivity contribution is 5.92. The summed E-state index contributed by atoms with van der Waals surface area (Å²) in [7, 11) is 3.17. The molecule has 0 radical (unpaired) electrons. The van der Waals surface area contributed by atoms with Crippen LogP contribution in [-0.4, -0.2) is 48.1 Å². The third kappa shape index (κ3) is 4.04. The largest absolute Gasteiger partial charge is 0.493 e. The van der Waals surface area contributed by atoms with E-state index in [-0.39, 0.29) is 5.91 Å². The summed E-state index contributed by atoms with van der Waals surface area (Å²) in [6.07, 6.45) is 3.66. The molecule has 0 bridgehead atoms. The molecule has 0 aliphatic carbocycles. The van der Waals surface area contributed by atoms with Crippen molar-refractivity contribution in [3.8, 4) is 11.5 Å². The number of amides is 1. The smallest absolute Gasteiger partial charge is 0.272 e. The van der Waals surface area contributed by atoms with Crippen LogP contribution >= 0.6 is 0 Å². The van der Waals surface area contributed by atoms with E-state index in [1.807, 2.05) is 11.0 Å². The standard InChI is InChI=1S/C19H24N4O3/c1-13-7-10-23(11-8-13)18(24)15-6-9-20-19(22-15)21-14-4-5-16(25-2)17(12-14)26-3/h4-6,9,12-13H,7-8,10-11H2,1-3H3,(H,20,21,22). The number of benzene rings is 1. The van der Waals surface area contributed by atoms with E-state index in [1.54, 1.807) is 38.6 Å². The van der Waals surface area contributed by atoms with Crippen molar-refractivity contribution in [2.24, 2.45) is 5.92 Å². The van der Waals surface area contributed by atoms with Gasteiger partial charge in [-0.2, -0.15) is 0 Å². The fourth-order valence-electron chi connectivity index (χ4n) is 2.95. The summed E-state index contributed by atoms with van der Waals surface area (Å²) in [4.78, 5) is 23.1. The maximum Gasteiger partial charge on any atom is 0.272 e. The lowest BCUT2D eigenvalue weighted by Crippen LogP contribution is -2.38. The fourth-order valence-corrected chi connectivity index (χ4v) is 2.95. The van der Waals surface area contributed by atoms with E-state index in [0.717, 1.165) is 31.6 Å². The molecule has 1 aliphatic rings. The Bertz CT molecular complexity index is 773. The monoisotopic (exact) mass is 356 g/mol. The van der Waals surface area contributed by atoms with E-state index in [1.165, 1.54) is 0 Å². The third-order valence-electron chi connectivity index (χ3n) is 4.59. The minimum Gasteiger partial charge on any atom is -0.493 e. The van der Waals surface area contributed by atoms with Gasteiger partial charge in [-0.05, 0) is 37.0 Å². The number of carbonyl (C=O) groups is 1. The van der Waals surface area contributed by atoms with Crippen LogP contribution in [0.25, 0.3) is 0 Å². The van der Waals surface area contributed by atoms with Crippen molar-refractivity contribution in [3.05, 3.63) is 36.2 Å². The second kappa shape index (κ2) is 8.03.